The highest BCUT2D eigenvalue weighted by atomic mass is 32.2. The van der Waals surface area contributed by atoms with Crippen LogP contribution in [0, 0.1) is 5.41 Å². The molecular weight excluding hydrogens is 218 g/mol. The smallest absolute Gasteiger partial charge is 0.0506 e. The van der Waals surface area contributed by atoms with E-state index >= 15 is 0 Å². The van der Waals surface area contributed by atoms with Gasteiger partial charge in [0.05, 0.1) is 5.25 Å². The third kappa shape index (κ3) is 3.30. The summed E-state index contributed by atoms with van der Waals surface area (Å²) in [6.45, 7) is 9.87. The van der Waals surface area contributed by atoms with Crippen LogP contribution in [0.5, 0.6) is 0 Å². The van der Waals surface area contributed by atoms with Crippen molar-refractivity contribution in [1.82, 2.24) is 5.32 Å². The zero-order chi connectivity index (χ0) is 12.2. The van der Waals surface area contributed by atoms with E-state index in [4.69, 9.17) is 0 Å². The molecule has 0 radical (unpaired) electrons. The molecule has 0 aromatic carbocycles. The van der Waals surface area contributed by atoms with Gasteiger partial charge in [-0.2, -0.15) is 0 Å². The largest absolute Gasteiger partial charge is 0.313 e. The molecule has 0 aromatic rings. The van der Waals surface area contributed by atoms with Gasteiger partial charge < -0.3 is 5.32 Å². The van der Waals surface area contributed by atoms with E-state index < -0.39 is 10.8 Å². The lowest BCUT2D eigenvalue weighted by atomic mass is 9.73. The molecule has 1 fully saturated rings. The molecular formula is C13H27NOS. The van der Waals surface area contributed by atoms with Crippen LogP contribution in [0.25, 0.3) is 0 Å². The average molecular weight is 245 g/mol. The molecule has 2 nitrogen and oxygen atoms in total. The van der Waals surface area contributed by atoms with Gasteiger partial charge in [-0.15, -0.1) is 0 Å². The molecule has 96 valence electrons. The second-order valence-electron chi connectivity index (χ2n) is 5.54. The van der Waals surface area contributed by atoms with Crippen molar-refractivity contribution in [3.05, 3.63) is 0 Å². The van der Waals surface area contributed by atoms with Crippen LogP contribution in [0.2, 0.25) is 0 Å². The van der Waals surface area contributed by atoms with E-state index in [2.05, 4.69) is 33.0 Å². The molecule has 1 aliphatic carbocycles. The molecule has 1 rings (SSSR count). The maximum Gasteiger partial charge on any atom is 0.0506 e. The van der Waals surface area contributed by atoms with Crippen molar-refractivity contribution < 1.29 is 4.21 Å². The average Bonchev–Trinajstić information content (AvgIpc) is 2.21. The summed E-state index contributed by atoms with van der Waals surface area (Å²) < 4.78 is 12.2. The van der Waals surface area contributed by atoms with E-state index in [0.717, 1.165) is 25.1 Å². The molecule has 3 unspecified atom stereocenters. The van der Waals surface area contributed by atoms with Crippen molar-refractivity contribution in [3.63, 3.8) is 0 Å². The van der Waals surface area contributed by atoms with Crippen LogP contribution < -0.4 is 5.32 Å². The molecule has 0 bridgehead atoms. The quantitative estimate of drug-likeness (QED) is 0.807. The molecule has 0 heterocycles. The number of hydrogen-bond acceptors (Lipinski definition) is 2. The Morgan fingerprint density at radius 3 is 2.62 bits per heavy atom. The van der Waals surface area contributed by atoms with Gasteiger partial charge in [-0.05, 0) is 31.2 Å². The Morgan fingerprint density at radius 1 is 1.38 bits per heavy atom. The normalized spacial score (nSPS) is 31.2. The summed E-state index contributed by atoms with van der Waals surface area (Å²) in [5, 5.41) is 3.94. The van der Waals surface area contributed by atoms with Gasteiger partial charge in [0, 0.05) is 22.6 Å². The predicted octanol–water partition coefficient (Wildman–Crippen LogP) is 2.70. The summed E-state index contributed by atoms with van der Waals surface area (Å²) >= 11 is 0. The van der Waals surface area contributed by atoms with Crippen molar-refractivity contribution in [1.29, 1.82) is 0 Å². The van der Waals surface area contributed by atoms with Crippen molar-refractivity contribution in [3.8, 4) is 0 Å². The van der Waals surface area contributed by atoms with Crippen LogP contribution in [-0.2, 0) is 10.8 Å². The maximum absolute atomic E-state index is 12.2. The lowest BCUT2D eigenvalue weighted by molar-refractivity contribution is 0.174. The molecule has 0 aromatic heterocycles. The van der Waals surface area contributed by atoms with Crippen molar-refractivity contribution in [2.75, 3.05) is 12.3 Å². The van der Waals surface area contributed by atoms with Gasteiger partial charge in [-0.25, -0.2) is 0 Å². The molecule has 3 heteroatoms. The Balaban J connectivity index is 2.75. The summed E-state index contributed by atoms with van der Waals surface area (Å²) in [6, 6.07) is 0.429. The second kappa shape index (κ2) is 6.15. The summed E-state index contributed by atoms with van der Waals surface area (Å²) in [4.78, 5) is 0. The Hall–Kier alpha value is 0.110. The highest BCUT2D eigenvalue weighted by Crippen LogP contribution is 2.37. The van der Waals surface area contributed by atoms with Crippen molar-refractivity contribution in [2.45, 2.75) is 64.7 Å². The molecule has 1 aliphatic rings. The van der Waals surface area contributed by atoms with Crippen molar-refractivity contribution in [2.24, 2.45) is 5.41 Å². The maximum atomic E-state index is 12.2. The highest BCUT2D eigenvalue weighted by molar-refractivity contribution is 7.85. The first kappa shape index (κ1) is 14.2. The Kier molecular flexibility index (Phi) is 5.45. The van der Waals surface area contributed by atoms with Crippen molar-refractivity contribution >= 4 is 10.8 Å². The fourth-order valence-corrected chi connectivity index (χ4v) is 4.75. The lowest BCUT2D eigenvalue weighted by Crippen LogP contribution is -2.54. The van der Waals surface area contributed by atoms with Crippen LogP contribution in [0.3, 0.4) is 0 Å². The van der Waals surface area contributed by atoms with E-state index in [9.17, 15) is 4.21 Å². The first-order valence-corrected chi connectivity index (χ1v) is 8.01. The minimum absolute atomic E-state index is 0.294. The fraction of sp³-hybridized carbons (Fsp3) is 1.00. The third-order valence-electron chi connectivity index (χ3n) is 3.69. The van der Waals surface area contributed by atoms with Gasteiger partial charge in [0.15, 0.2) is 0 Å². The van der Waals surface area contributed by atoms with E-state index in [0.29, 0.717) is 16.7 Å². The summed E-state index contributed by atoms with van der Waals surface area (Å²) in [5.74, 6) is 0.864. The van der Waals surface area contributed by atoms with Crippen LogP contribution in [0.1, 0.15) is 53.4 Å². The minimum Gasteiger partial charge on any atom is -0.313 e. The Labute approximate surface area is 103 Å². The first-order chi connectivity index (χ1) is 7.53. The Bertz CT molecular complexity index is 240. The SMILES string of the molecule is CCCS(=O)C1CCCC(C)(C)C1NCC. The van der Waals surface area contributed by atoms with Gasteiger partial charge in [0.2, 0.25) is 0 Å². The topological polar surface area (TPSA) is 29.1 Å². The zero-order valence-electron chi connectivity index (χ0n) is 11.2. The van der Waals surface area contributed by atoms with Gasteiger partial charge in [-0.3, -0.25) is 4.21 Å². The number of rotatable bonds is 5. The third-order valence-corrected chi connectivity index (χ3v) is 5.68. The van der Waals surface area contributed by atoms with Gasteiger partial charge >= 0.3 is 0 Å². The van der Waals surface area contributed by atoms with Crippen LogP contribution in [-0.4, -0.2) is 27.8 Å². The summed E-state index contributed by atoms with van der Waals surface area (Å²) in [7, 11) is -0.647. The molecule has 0 saturated heterocycles. The van der Waals surface area contributed by atoms with Crippen LogP contribution in [0.4, 0.5) is 0 Å². The minimum atomic E-state index is -0.647. The standard InChI is InChI=1S/C13H27NOS/c1-5-10-16(15)11-8-7-9-13(3,4)12(11)14-6-2/h11-12,14H,5-10H2,1-4H3. The molecule has 0 aliphatic heterocycles. The second-order valence-corrected chi connectivity index (χ2v) is 7.31. The Morgan fingerprint density at radius 2 is 2.06 bits per heavy atom. The van der Waals surface area contributed by atoms with Gasteiger partial charge in [0.1, 0.15) is 0 Å². The molecule has 16 heavy (non-hydrogen) atoms. The van der Waals surface area contributed by atoms with Gasteiger partial charge in [-0.1, -0.05) is 34.1 Å². The van der Waals surface area contributed by atoms with E-state index in [1.54, 1.807) is 0 Å². The van der Waals surface area contributed by atoms with Crippen LogP contribution >= 0.6 is 0 Å². The fourth-order valence-electron chi connectivity index (χ4n) is 2.85. The molecule has 1 saturated carbocycles. The molecule has 0 amide bonds. The van der Waals surface area contributed by atoms with E-state index in [1.807, 2.05) is 0 Å². The monoisotopic (exact) mass is 245 g/mol. The molecule has 1 N–H and O–H groups in total. The summed E-state index contributed by atoms with van der Waals surface area (Å²) in [5.41, 5.74) is 0.294. The molecule has 3 atom stereocenters. The number of hydrogen-bond donors (Lipinski definition) is 1. The summed E-state index contributed by atoms with van der Waals surface area (Å²) in [6.07, 6.45) is 4.65. The predicted molar refractivity (Wildman–Crippen MR) is 72.2 cm³/mol. The highest BCUT2D eigenvalue weighted by Gasteiger charge is 2.40. The zero-order valence-corrected chi connectivity index (χ0v) is 12.0. The van der Waals surface area contributed by atoms with Crippen LogP contribution in [0.15, 0.2) is 0 Å². The molecule has 0 spiro atoms. The van der Waals surface area contributed by atoms with Gasteiger partial charge in [0.25, 0.3) is 0 Å². The van der Waals surface area contributed by atoms with E-state index in [-0.39, 0.29) is 0 Å². The van der Waals surface area contributed by atoms with E-state index in [1.165, 1.54) is 12.8 Å². The lowest BCUT2D eigenvalue weighted by Gasteiger charge is -2.44. The first-order valence-electron chi connectivity index (χ1n) is 6.63. The number of nitrogens with one attached hydrogen (secondary N) is 1.